The first-order valence-corrected chi connectivity index (χ1v) is 7.65. The van der Waals surface area contributed by atoms with E-state index >= 15 is 0 Å². The summed E-state index contributed by atoms with van der Waals surface area (Å²) < 4.78 is 26.3. The maximum absolute atomic E-state index is 12.5. The smallest absolute Gasteiger partial charge is 0.243 e. The van der Waals surface area contributed by atoms with Gasteiger partial charge in [-0.1, -0.05) is 13.0 Å². The molecule has 0 bridgehead atoms. The highest BCUT2D eigenvalue weighted by atomic mass is 32.2. The van der Waals surface area contributed by atoms with Crippen LogP contribution in [0.4, 0.5) is 0 Å². The van der Waals surface area contributed by atoms with Crippen LogP contribution in [0.15, 0.2) is 29.2 Å². The second-order valence-electron chi connectivity index (χ2n) is 4.93. The van der Waals surface area contributed by atoms with Gasteiger partial charge in [0.25, 0.3) is 0 Å². The van der Waals surface area contributed by atoms with Crippen molar-refractivity contribution in [2.75, 3.05) is 13.1 Å². The molecule has 0 saturated carbocycles. The molecule has 0 spiro atoms. The molecule has 1 fully saturated rings. The van der Waals surface area contributed by atoms with Crippen LogP contribution in [-0.2, 0) is 10.0 Å². The summed E-state index contributed by atoms with van der Waals surface area (Å²) in [7, 11) is -3.55. The van der Waals surface area contributed by atoms with E-state index in [1.807, 2.05) is 13.0 Å². The van der Waals surface area contributed by atoms with Crippen LogP contribution in [0, 0.1) is 17.2 Å². The maximum Gasteiger partial charge on any atom is 0.243 e. The molecule has 2 rings (SSSR count). The zero-order valence-electron chi connectivity index (χ0n) is 10.8. The van der Waals surface area contributed by atoms with E-state index in [-0.39, 0.29) is 10.9 Å². The summed E-state index contributed by atoms with van der Waals surface area (Å²) in [5.74, 6) is 0.330. The number of rotatable bonds is 2. The highest BCUT2D eigenvalue weighted by Gasteiger charge is 2.32. The van der Waals surface area contributed by atoms with Crippen molar-refractivity contribution < 1.29 is 8.42 Å². The molecule has 1 aromatic rings. The van der Waals surface area contributed by atoms with Crippen LogP contribution in [0.25, 0.3) is 0 Å². The average molecular weight is 279 g/mol. The third-order valence-corrected chi connectivity index (χ3v) is 5.44. The van der Waals surface area contributed by atoms with E-state index in [2.05, 4.69) is 0 Å². The molecule has 0 amide bonds. The predicted molar refractivity (Wildman–Crippen MR) is 71.7 cm³/mol. The third-order valence-electron chi connectivity index (χ3n) is 3.58. The summed E-state index contributed by atoms with van der Waals surface area (Å²) in [4.78, 5) is 0.160. The molecule has 1 saturated heterocycles. The molecule has 102 valence electrons. The van der Waals surface area contributed by atoms with Crippen molar-refractivity contribution in [1.29, 1.82) is 5.26 Å². The van der Waals surface area contributed by atoms with Gasteiger partial charge in [-0.25, -0.2) is 8.42 Å². The first-order chi connectivity index (χ1) is 8.95. The van der Waals surface area contributed by atoms with Gasteiger partial charge in [0, 0.05) is 19.1 Å². The Bertz CT molecular complexity index is 607. The second kappa shape index (κ2) is 5.29. The molecule has 1 heterocycles. The standard InChI is InChI=1S/C13H17N3O2S/c1-10-5-6-16(9-13(10)15)19(17,18)12-4-2-3-11(7-12)8-14/h2-4,7,10,13H,5-6,9,15H2,1H3. The zero-order valence-corrected chi connectivity index (χ0v) is 11.6. The monoisotopic (exact) mass is 279 g/mol. The van der Waals surface area contributed by atoms with Gasteiger partial charge >= 0.3 is 0 Å². The number of nitriles is 1. The van der Waals surface area contributed by atoms with Gasteiger partial charge in [-0.2, -0.15) is 9.57 Å². The fourth-order valence-corrected chi connectivity index (χ4v) is 3.70. The molecule has 2 N–H and O–H groups in total. The summed E-state index contributed by atoms with van der Waals surface area (Å²) in [6.45, 7) is 2.85. The van der Waals surface area contributed by atoms with E-state index < -0.39 is 10.0 Å². The molecule has 1 aliphatic rings. The lowest BCUT2D eigenvalue weighted by Crippen LogP contribution is -2.49. The Kier molecular flexibility index (Phi) is 3.90. The number of piperidine rings is 1. The van der Waals surface area contributed by atoms with Crippen LogP contribution in [0.5, 0.6) is 0 Å². The van der Waals surface area contributed by atoms with Crippen molar-refractivity contribution in [2.45, 2.75) is 24.3 Å². The van der Waals surface area contributed by atoms with Gasteiger partial charge in [0.1, 0.15) is 0 Å². The molecule has 19 heavy (non-hydrogen) atoms. The Labute approximate surface area is 113 Å². The summed E-state index contributed by atoms with van der Waals surface area (Å²) in [5, 5.41) is 8.84. The molecule has 1 aliphatic heterocycles. The van der Waals surface area contributed by atoms with Crippen LogP contribution >= 0.6 is 0 Å². The molecule has 1 aromatic carbocycles. The van der Waals surface area contributed by atoms with Gasteiger partial charge in [-0.15, -0.1) is 0 Å². The summed E-state index contributed by atoms with van der Waals surface area (Å²) in [6.07, 6.45) is 0.762. The normalized spacial score (nSPS) is 24.9. The summed E-state index contributed by atoms with van der Waals surface area (Å²) in [6, 6.07) is 7.90. The first-order valence-electron chi connectivity index (χ1n) is 6.21. The van der Waals surface area contributed by atoms with Gasteiger partial charge in [-0.05, 0) is 30.5 Å². The topological polar surface area (TPSA) is 87.2 Å². The van der Waals surface area contributed by atoms with E-state index in [0.29, 0.717) is 24.6 Å². The van der Waals surface area contributed by atoms with Crippen molar-refractivity contribution in [3.8, 4) is 6.07 Å². The largest absolute Gasteiger partial charge is 0.326 e. The van der Waals surface area contributed by atoms with Gasteiger partial charge in [-0.3, -0.25) is 0 Å². The molecular weight excluding hydrogens is 262 g/mol. The molecule has 0 radical (unpaired) electrons. The quantitative estimate of drug-likeness (QED) is 0.872. The van der Waals surface area contributed by atoms with E-state index in [1.165, 1.54) is 16.4 Å². The van der Waals surface area contributed by atoms with Crippen LogP contribution < -0.4 is 5.73 Å². The Balaban J connectivity index is 2.30. The lowest BCUT2D eigenvalue weighted by atomic mass is 9.96. The van der Waals surface area contributed by atoms with Gasteiger partial charge in [0.15, 0.2) is 0 Å². The van der Waals surface area contributed by atoms with Crippen LogP contribution in [0.3, 0.4) is 0 Å². The molecule has 0 aromatic heterocycles. The van der Waals surface area contributed by atoms with Crippen molar-refractivity contribution in [1.82, 2.24) is 4.31 Å². The van der Waals surface area contributed by atoms with Gasteiger partial charge in [0.05, 0.1) is 16.5 Å². The Morgan fingerprint density at radius 1 is 1.47 bits per heavy atom. The fraction of sp³-hybridized carbons (Fsp3) is 0.462. The number of benzene rings is 1. The van der Waals surface area contributed by atoms with Crippen molar-refractivity contribution in [3.05, 3.63) is 29.8 Å². The molecule has 5 nitrogen and oxygen atoms in total. The van der Waals surface area contributed by atoms with E-state index in [9.17, 15) is 8.42 Å². The van der Waals surface area contributed by atoms with E-state index in [1.54, 1.807) is 12.1 Å². The number of nitrogens with two attached hydrogens (primary N) is 1. The fourth-order valence-electron chi connectivity index (χ4n) is 2.16. The van der Waals surface area contributed by atoms with Gasteiger partial charge < -0.3 is 5.73 Å². The molecule has 6 heteroatoms. The highest BCUT2D eigenvalue weighted by molar-refractivity contribution is 7.89. The van der Waals surface area contributed by atoms with Crippen LogP contribution in [0.2, 0.25) is 0 Å². The predicted octanol–water partition coefficient (Wildman–Crippen LogP) is 0.916. The lowest BCUT2D eigenvalue weighted by molar-refractivity contribution is 0.253. The summed E-state index contributed by atoms with van der Waals surface area (Å²) in [5.41, 5.74) is 6.28. The number of hydrogen-bond donors (Lipinski definition) is 1. The van der Waals surface area contributed by atoms with Crippen LogP contribution in [0.1, 0.15) is 18.9 Å². The second-order valence-corrected chi connectivity index (χ2v) is 6.87. The number of hydrogen-bond acceptors (Lipinski definition) is 4. The van der Waals surface area contributed by atoms with E-state index in [4.69, 9.17) is 11.0 Å². The Morgan fingerprint density at radius 3 is 2.84 bits per heavy atom. The highest BCUT2D eigenvalue weighted by Crippen LogP contribution is 2.23. The minimum Gasteiger partial charge on any atom is -0.326 e. The third kappa shape index (κ3) is 2.78. The number of nitrogens with zero attached hydrogens (tertiary/aromatic N) is 2. The average Bonchev–Trinajstić information content (AvgIpc) is 2.41. The molecular formula is C13H17N3O2S. The molecule has 2 unspecified atom stereocenters. The molecule has 0 aliphatic carbocycles. The maximum atomic E-state index is 12.5. The lowest BCUT2D eigenvalue weighted by Gasteiger charge is -2.34. The zero-order chi connectivity index (χ0) is 14.0. The molecule has 2 atom stereocenters. The Morgan fingerprint density at radius 2 is 2.21 bits per heavy atom. The number of sulfonamides is 1. The minimum absolute atomic E-state index is 0.136. The Hall–Kier alpha value is -1.42. The first kappa shape index (κ1) is 14.0. The van der Waals surface area contributed by atoms with Crippen LogP contribution in [-0.4, -0.2) is 31.9 Å². The minimum atomic E-state index is -3.55. The van der Waals surface area contributed by atoms with Crippen molar-refractivity contribution in [3.63, 3.8) is 0 Å². The SMILES string of the molecule is CC1CCN(S(=O)(=O)c2cccc(C#N)c2)CC1N. The van der Waals surface area contributed by atoms with Gasteiger partial charge in [0.2, 0.25) is 10.0 Å². The van der Waals surface area contributed by atoms with Crippen molar-refractivity contribution >= 4 is 10.0 Å². The van der Waals surface area contributed by atoms with E-state index in [0.717, 1.165) is 6.42 Å². The van der Waals surface area contributed by atoms with Crippen molar-refractivity contribution in [2.24, 2.45) is 11.7 Å². The summed E-state index contributed by atoms with van der Waals surface area (Å²) >= 11 is 0.